The number of nitrogens with zero attached hydrogens (tertiary/aromatic N) is 1. The Hall–Kier alpha value is -1.03. The summed E-state index contributed by atoms with van der Waals surface area (Å²) in [5.41, 5.74) is 0.116. The van der Waals surface area contributed by atoms with Gasteiger partial charge in [-0.2, -0.15) is 0 Å². The highest BCUT2D eigenvalue weighted by Gasteiger charge is 2.21. The Balaban J connectivity index is 2.03. The number of hydrogen-bond donors (Lipinski definition) is 1. The third kappa shape index (κ3) is 3.72. The number of amides is 1. The fraction of sp³-hybridized carbons (Fsp3) is 0.533. The normalized spacial score (nSPS) is 16.4. The molecule has 104 valence electrons. The first-order valence-corrected chi connectivity index (χ1v) is 7.26. The molecule has 19 heavy (non-hydrogen) atoms. The summed E-state index contributed by atoms with van der Waals surface area (Å²) in [6.07, 6.45) is 6.13. The van der Waals surface area contributed by atoms with Gasteiger partial charge in [-0.15, -0.1) is 12.6 Å². The summed E-state index contributed by atoms with van der Waals surface area (Å²) in [5, 5.41) is 0. The van der Waals surface area contributed by atoms with Crippen LogP contribution in [0, 0.1) is 11.7 Å². The average Bonchev–Trinajstić information content (AvgIpc) is 2.42. The topological polar surface area (TPSA) is 20.3 Å². The van der Waals surface area contributed by atoms with Gasteiger partial charge in [-0.05, 0) is 37.0 Å². The van der Waals surface area contributed by atoms with Gasteiger partial charge >= 0.3 is 0 Å². The van der Waals surface area contributed by atoms with Gasteiger partial charge in [0, 0.05) is 18.5 Å². The van der Waals surface area contributed by atoms with E-state index in [1.165, 1.54) is 44.2 Å². The Morgan fingerprint density at radius 1 is 1.37 bits per heavy atom. The molecule has 1 fully saturated rings. The summed E-state index contributed by atoms with van der Waals surface area (Å²) in [4.78, 5) is 14.5. The van der Waals surface area contributed by atoms with Crippen LogP contribution in [0.1, 0.15) is 42.5 Å². The van der Waals surface area contributed by atoms with Gasteiger partial charge in [-0.3, -0.25) is 4.79 Å². The number of benzene rings is 1. The molecule has 0 bridgehead atoms. The molecule has 1 amide bonds. The first kappa shape index (κ1) is 14.4. The van der Waals surface area contributed by atoms with Gasteiger partial charge in [0.05, 0.1) is 5.56 Å². The zero-order chi connectivity index (χ0) is 13.8. The third-order valence-corrected chi connectivity index (χ3v) is 4.06. The molecule has 4 heteroatoms. The minimum Gasteiger partial charge on any atom is -0.341 e. The lowest BCUT2D eigenvalue weighted by atomic mass is 9.89. The summed E-state index contributed by atoms with van der Waals surface area (Å²) in [7, 11) is 1.75. The van der Waals surface area contributed by atoms with Crippen molar-refractivity contribution in [3.63, 3.8) is 0 Å². The van der Waals surface area contributed by atoms with Gasteiger partial charge in [0.2, 0.25) is 0 Å². The first-order chi connectivity index (χ1) is 9.08. The van der Waals surface area contributed by atoms with E-state index in [0.29, 0.717) is 10.8 Å². The summed E-state index contributed by atoms with van der Waals surface area (Å²) in [6, 6.07) is 4.35. The van der Waals surface area contributed by atoms with E-state index in [-0.39, 0.29) is 11.5 Å². The molecule has 0 aromatic heterocycles. The van der Waals surface area contributed by atoms with Crippen molar-refractivity contribution in [2.75, 3.05) is 13.6 Å². The summed E-state index contributed by atoms with van der Waals surface area (Å²) in [6.45, 7) is 0.717. The van der Waals surface area contributed by atoms with E-state index in [9.17, 15) is 9.18 Å². The number of hydrogen-bond acceptors (Lipinski definition) is 2. The van der Waals surface area contributed by atoms with Crippen LogP contribution in [-0.2, 0) is 0 Å². The molecule has 2 rings (SSSR count). The Morgan fingerprint density at radius 2 is 2.05 bits per heavy atom. The molecule has 0 atom stereocenters. The highest BCUT2D eigenvalue weighted by atomic mass is 32.1. The van der Waals surface area contributed by atoms with Gasteiger partial charge < -0.3 is 4.90 Å². The molecule has 1 saturated carbocycles. The van der Waals surface area contributed by atoms with Crippen molar-refractivity contribution in [3.8, 4) is 0 Å². The van der Waals surface area contributed by atoms with Crippen LogP contribution in [0.25, 0.3) is 0 Å². The van der Waals surface area contributed by atoms with Crippen LogP contribution in [-0.4, -0.2) is 24.4 Å². The average molecular weight is 281 g/mol. The molecule has 0 unspecified atom stereocenters. The van der Waals surface area contributed by atoms with Crippen LogP contribution in [0.15, 0.2) is 23.1 Å². The van der Waals surface area contributed by atoms with Crippen molar-refractivity contribution in [2.45, 2.75) is 37.0 Å². The Morgan fingerprint density at radius 3 is 2.74 bits per heavy atom. The van der Waals surface area contributed by atoms with Crippen LogP contribution < -0.4 is 0 Å². The zero-order valence-corrected chi connectivity index (χ0v) is 12.1. The second kappa shape index (κ2) is 6.42. The van der Waals surface area contributed by atoms with E-state index in [4.69, 9.17) is 0 Å². The van der Waals surface area contributed by atoms with Crippen LogP contribution in [0.5, 0.6) is 0 Å². The quantitative estimate of drug-likeness (QED) is 0.836. The molecule has 2 nitrogen and oxygen atoms in total. The lowest BCUT2D eigenvalue weighted by molar-refractivity contribution is 0.0755. The Bertz CT molecular complexity index is 457. The van der Waals surface area contributed by atoms with Crippen molar-refractivity contribution in [3.05, 3.63) is 29.6 Å². The van der Waals surface area contributed by atoms with Crippen molar-refractivity contribution in [1.82, 2.24) is 4.90 Å². The largest absolute Gasteiger partial charge is 0.341 e. The fourth-order valence-electron chi connectivity index (χ4n) is 2.72. The minimum atomic E-state index is -0.474. The van der Waals surface area contributed by atoms with Crippen molar-refractivity contribution >= 4 is 18.5 Å². The van der Waals surface area contributed by atoms with Crippen LogP contribution in [0.4, 0.5) is 4.39 Å². The van der Waals surface area contributed by atoms with Crippen molar-refractivity contribution < 1.29 is 9.18 Å². The lowest BCUT2D eigenvalue weighted by Gasteiger charge is -2.27. The fourth-order valence-corrected chi connectivity index (χ4v) is 2.93. The maximum atomic E-state index is 13.7. The smallest absolute Gasteiger partial charge is 0.256 e. The Kier molecular flexibility index (Phi) is 4.86. The maximum Gasteiger partial charge on any atom is 0.256 e. The SMILES string of the molecule is CN(CC1CCCCC1)C(=O)c1cc(S)ccc1F. The second-order valence-electron chi connectivity index (χ2n) is 5.35. The predicted octanol–water partition coefficient (Wildman–Crippen LogP) is 3.77. The molecule has 0 aliphatic heterocycles. The minimum absolute atomic E-state index is 0.116. The van der Waals surface area contributed by atoms with Crippen molar-refractivity contribution in [2.24, 2.45) is 5.92 Å². The standard InChI is InChI=1S/C15H20FNOS/c1-17(10-11-5-3-2-4-6-11)15(18)13-9-12(19)7-8-14(13)16/h7-9,11,19H,2-6,10H2,1H3. The number of carbonyl (C=O) groups excluding carboxylic acids is 1. The second-order valence-corrected chi connectivity index (χ2v) is 5.87. The van der Waals surface area contributed by atoms with Crippen LogP contribution in [0.3, 0.4) is 0 Å². The van der Waals surface area contributed by atoms with Gasteiger partial charge in [-0.1, -0.05) is 19.3 Å². The summed E-state index contributed by atoms with van der Waals surface area (Å²) < 4.78 is 13.7. The van der Waals surface area contributed by atoms with E-state index in [1.54, 1.807) is 18.0 Å². The molecular weight excluding hydrogens is 261 g/mol. The van der Waals surface area contributed by atoms with Crippen LogP contribution in [0.2, 0.25) is 0 Å². The van der Waals surface area contributed by atoms with Gasteiger partial charge in [0.25, 0.3) is 5.91 Å². The van der Waals surface area contributed by atoms with Crippen molar-refractivity contribution in [1.29, 1.82) is 0 Å². The number of thiol groups is 1. The predicted molar refractivity (Wildman–Crippen MR) is 77.2 cm³/mol. The van der Waals surface area contributed by atoms with Crippen LogP contribution >= 0.6 is 12.6 Å². The molecule has 0 spiro atoms. The highest BCUT2D eigenvalue weighted by molar-refractivity contribution is 7.80. The molecule has 1 aromatic rings. The number of rotatable bonds is 3. The lowest BCUT2D eigenvalue weighted by Crippen LogP contribution is -2.33. The molecule has 0 heterocycles. The Labute approximate surface area is 119 Å². The summed E-state index contributed by atoms with van der Waals surface area (Å²) in [5.74, 6) is -0.165. The molecule has 1 aromatic carbocycles. The summed E-state index contributed by atoms with van der Waals surface area (Å²) >= 11 is 4.16. The zero-order valence-electron chi connectivity index (χ0n) is 11.2. The van der Waals surface area contributed by atoms with E-state index >= 15 is 0 Å². The third-order valence-electron chi connectivity index (χ3n) is 3.78. The molecule has 0 N–H and O–H groups in total. The molecular formula is C15H20FNOS. The molecule has 1 aliphatic rings. The maximum absolute atomic E-state index is 13.7. The van der Waals surface area contributed by atoms with E-state index in [1.807, 2.05) is 0 Å². The number of halogens is 1. The van der Waals surface area contributed by atoms with Gasteiger partial charge in [-0.25, -0.2) is 4.39 Å². The van der Waals surface area contributed by atoms with Gasteiger partial charge in [0.15, 0.2) is 0 Å². The molecule has 1 aliphatic carbocycles. The van der Waals surface area contributed by atoms with Gasteiger partial charge in [0.1, 0.15) is 5.82 Å². The van der Waals surface area contributed by atoms with E-state index < -0.39 is 5.82 Å². The number of carbonyl (C=O) groups is 1. The first-order valence-electron chi connectivity index (χ1n) is 6.82. The monoisotopic (exact) mass is 281 g/mol. The molecule has 0 radical (unpaired) electrons. The van der Waals surface area contributed by atoms with E-state index in [2.05, 4.69) is 12.6 Å². The highest BCUT2D eigenvalue weighted by Crippen LogP contribution is 2.25. The van der Waals surface area contributed by atoms with E-state index in [0.717, 1.165) is 6.54 Å². The molecule has 0 saturated heterocycles.